The smallest absolute Gasteiger partial charge is 0.348 e. The predicted octanol–water partition coefficient (Wildman–Crippen LogP) is 4.35. The summed E-state index contributed by atoms with van der Waals surface area (Å²) in [6, 6.07) is 16.4. The van der Waals surface area contributed by atoms with Crippen LogP contribution < -0.4 is 10.6 Å². The molecule has 2 rings (SSSR count). The van der Waals surface area contributed by atoms with E-state index in [9.17, 15) is 9.59 Å². The lowest BCUT2D eigenvalue weighted by Crippen LogP contribution is -2.50. The summed E-state index contributed by atoms with van der Waals surface area (Å²) in [5.41, 5.74) is 3.57. The van der Waals surface area contributed by atoms with Crippen LogP contribution in [0.2, 0.25) is 0 Å². The maximum atomic E-state index is 12.7. The highest BCUT2D eigenvalue weighted by Crippen LogP contribution is 2.14. The van der Waals surface area contributed by atoms with E-state index in [0.29, 0.717) is 5.71 Å². The molecule has 29 heavy (non-hydrogen) atoms. The molecule has 1 unspecified atom stereocenters. The summed E-state index contributed by atoms with van der Waals surface area (Å²) < 4.78 is 0. The van der Waals surface area contributed by atoms with Crippen molar-refractivity contribution < 1.29 is 14.4 Å². The summed E-state index contributed by atoms with van der Waals surface area (Å²) in [7, 11) is 0. The number of nitrogens with zero attached hydrogens (tertiary/aromatic N) is 1. The lowest BCUT2D eigenvalue weighted by molar-refractivity contribution is -0.124. The maximum absolute atomic E-state index is 12.7. The number of carbonyl (C=O) groups excluding carboxylic acids is 2. The molecule has 0 saturated heterocycles. The Morgan fingerprint density at radius 3 is 2.14 bits per heavy atom. The van der Waals surface area contributed by atoms with Crippen LogP contribution in [0.3, 0.4) is 0 Å². The number of amides is 2. The number of benzene rings is 2. The van der Waals surface area contributed by atoms with E-state index < -0.39 is 12.1 Å². The molecule has 2 amide bonds. The molecule has 0 aliphatic carbocycles. The average molecular weight is 396 g/mol. The van der Waals surface area contributed by atoms with Crippen molar-refractivity contribution in [2.75, 3.05) is 0 Å². The van der Waals surface area contributed by atoms with E-state index in [1.165, 1.54) is 0 Å². The Labute approximate surface area is 172 Å². The van der Waals surface area contributed by atoms with E-state index in [2.05, 4.69) is 15.8 Å². The van der Waals surface area contributed by atoms with Crippen molar-refractivity contribution in [2.24, 2.45) is 11.1 Å². The van der Waals surface area contributed by atoms with E-state index in [-0.39, 0.29) is 17.9 Å². The highest BCUT2D eigenvalue weighted by atomic mass is 16.7. The second kappa shape index (κ2) is 10.4. The first-order valence-electron chi connectivity index (χ1n) is 9.72. The minimum absolute atomic E-state index is 0.119. The Morgan fingerprint density at radius 1 is 0.931 bits per heavy atom. The maximum Gasteiger partial charge on any atom is 0.434 e. The average Bonchev–Trinajstić information content (AvgIpc) is 2.70. The third-order valence-electron chi connectivity index (χ3n) is 4.62. The molecule has 0 fully saturated rings. The lowest BCUT2D eigenvalue weighted by atomic mass is 10.0. The molecule has 0 spiro atoms. The van der Waals surface area contributed by atoms with Gasteiger partial charge in [-0.1, -0.05) is 79.2 Å². The molecule has 2 aromatic carbocycles. The van der Waals surface area contributed by atoms with Crippen molar-refractivity contribution in [2.45, 2.75) is 46.7 Å². The molecule has 0 aliphatic rings. The largest absolute Gasteiger partial charge is 0.434 e. The zero-order valence-corrected chi connectivity index (χ0v) is 17.6. The Kier molecular flexibility index (Phi) is 7.95. The fraction of sp³-hybridized carbons (Fsp3) is 0.348. The van der Waals surface area contributed by atoms with Gasteiger partial charge in [0.2, 0.25) is 5.91 Å². The first kappa shape index (κ1) is 22.1. The Balaban J connectivity index is 1.96. The van der Waals surface area contributed by atoms with Gasteiger partial charge in [-0.2, -0.15) is 0 Å². The molecule has 2 N–H and O–H groups in total. The van der Waals surface area contributed by atoms with Crippen molar-refractivity contribution in [1.82, 2.24) is 10.6 Å². The lowest BCUT2D eigenvalue weighted by Gasteiger charge is -2.23. The number of carbonyl (C=O) groups is 2. The fourth-order valence-corrected chi connectivity index (χ4v) is 2.77. The first-order chi connectivity index (χ1) is 13.8. The molecule has 0 aliphatic heterocycles. The van der Waals surface area contributed by atoms with Crippen molar-refractivity contribution >= 4 is 17.7 Å². The normalized spacial score (nSPS) is 13.5. The van der Waals surface area contributed by atoms with Gasteiger partial charge in [-0.3, -0.25) is 9.63 Å². The van der Waals surface area contributed by atoms with Gasteiger partial charge in [-0.05, 0) is 37.8 Å². The van der Waals surface area contributed by atoms with Crippen LogP contribution in [-0.4, -0.2) is 23.8 Å². The Bertz CT molecular complexity index is 845. The highest BCUT2D eigenvalue weighted by molar-refractivity contribution is 5.98. The quantitative estimate of drug-likeness (QED) is 0.416. The second-order valence-corrected chi connectivity index (χ2v) is 7.43. The number of nitrogens with one attached hydrogen (secondary N) is 2. The van der Waals surface area contributed by atoms with Crippen LogP contribution in [0.25, 0.3) is 0 Å². The number of oxime groups is 1. The third kappa shape index (κ3) is 6.75. The molecule has 6 heteroatoms. The van der Waals surface area contributed by atoms with Gasteiger partial charge >= 0.3 is 6.09 Å². The number of hydrogen-bond donors (Lipinski definition) is 2. The minimum Gasteiger partial charge on any atom is -0.348 e. The number of rotatable bonds is 7. The summed E-state index contributed by atoms with van der Waals surface area (Å²) in [6.07, 6.45) is -0.767. The topological polar surface area (TPSA) is 79.8 Å². The van der Waals surface area contributed by atoms with Crippen LogP contribution in [0.1, 0.15) is 50.4 Å². The zero-order valence-electron chi connectivity index (χ0n) is 17.6. The molecule has 154 valence electrons. The SMILES string of the molecule is CC(=NOC(=O)N[C@H](C(=O)NC(C)c1ccc(C)cc1)C(C)C)c1ccccc1. The standard InChI is InChI=1S/C23H29N3O3/c1-15(2)21(22(27)24-17(4)20-13-11-16(3)12-14-20)25-23(28)29-26-18(5)19-9-7-6-8-10-19/h6-15,17,21H,1-5H3,(H,24,27)(H,25,28)/t17?,21-/m0/s1. The molecule has 0 heterocycles. The van der Waals surface area contributed by atoms with E-state index in [1.54, 1.807) is 6.92 Å². The van der Waals surface area contributed by atoms with Crippen LogP contribution in [-0.2, 0) is 9.63 Å². The van der Waals surface area contributed by atoms with E-state index in [0.717, 1.165) is 16.7 Å². The monoisotopic (exact) mass is 395 g/mol. The molecule has 0 bridgehead atoms. The van der Waals surface area contributed by atoms with Gasteiger partial charge < -0.3 is 10.6 Å². The van der Waals surface area contributed by atoms with Gasteiger partial charge in [0, 0.05) is 0 Å². The minimum atomic E-state index is -0.767. The first-order valence-corrected chi connectivity index (χ1v) is 9.72. The molecule has 6 nitrogen and oxygen atoms in total. The summed E-state index contributed by atoms with van der Waals surface area (Å²) in [4.78, 5) is 29.8. The molecule has 0 radical (unpaired) electrons. The summed E-state index contributed by atoms with van der Waals surface area (Å²) in [5, 5.41) is 9.41. The number of hydrogen-bond acceptors (Lipinski definition) is 4. The van der Waals surface area contributed by atoms with Crippen LogP contribution >= 0.6 is 0 Å². The zero-order chi connectivity index (χ0) is 21.4. The van der Waals surface area contributed by atoms with Crippen molar-refractivity contribution in [3.63, 3.8) is 0 Å². The molecular weight excluding hydrogens is 366 g/mol. The Hall–Kier alpha value is -3.15. The van der Waals surface area contributed by atoms with Crippen LogP contribution in [0.15, 0.2) is 59.8 Å². The summed E-state index contributed by atoms with van der Waals surface area (Å²) >= 11 is 0. The van der Waals surface area contributed by atoms with E-state index in [4.69, 9.17) is 4.84 Å². The van der Waals surface area contributed by atoms with Crippen molar-refractivity contribution in [3.05, 3.63) is 71.3 Å². The van der Waals surface area contributed by atoms with Crippen LogP contribution in [0, 0.1) is 12.8 Å². The Morgan fingerprint density at radius 2 is 1.55 bits per heavy atom. The van der Waals surface area contributed by atoms with Gasteiger partial charge in [-0.25, -0.2) is 4.79 Å². The second-order valence-electron chi connectivity index (χ2n) is 7.43. The van der Waals surface area contributed by atoms with Gasteiger partial charge in [-0.15, -0.1) is 0 Å². The van der Waals surface area contributed by atoms with E-state index in [1.807, 2.05) is 82.3 Å². The van der Waals surface area contributed by atoms with Crippen LogP contribution in [0.5, 0.6) is 0 Å². The molecule has 0 saturated carbocycles. The molecular formula is C23H29N3O3. The summed E-state index contributed by atoms with van der Waals surface area (Å²) in [6.45, 7) is 9.39. The van der Waals surface area contributed by atoms with Crippen molar-refractivity contribution in [1.29, 1.82) is 0 Å². The fourth-order valence-electron chi connectivity index (χ4n) is 2.77. The van der Waals surface area contributed by atoms with E-state index >= 15 is 0 Å². The van der Waals surface area contributed by atoms with Gasteiger partial charge in [0.15, 0.2) is 0 Å². The molecule has 2 aromatic rings. The third-order valence-corrected chi connectivity index (χ3v) is 4.62. The highest BCUT2D eigenvalue weighted by Gasteiger charge is 2.26. The molecule has 2 atom stereocenters. The predicted molar refractivity (Wildman–Crippen MR) is 115 cm³/mol. The van der Waals surface area contributed by atoms with Crippen LogP contribution in [0.4, 0.5) is 4.79 Å². The summed E-state index contributed by atoms with van der Waals surface area (Å²) in [5.74, 6) is -0.388. The van der Waals surface area contributed by atoms with Gasteiger partial charge in [0.1, 0.15) is 6.04 Å². The number of aryl methyl sites for hydroxylation is 1. The van der Waals surface area contributed by atoms with Crippen molar-refractivity contribution in [3.8, 4) is 0 Å². The van der Waals surface area contributed by atoms with Gasteiger partial charge in [0.25, 0.3) is 0 Å². The molecule has 0 aromatic heterocycles. The van der Waals surface area contributed by atoms with Gasteiger partial charge in [0.05, 0.1) is 11.8 Å².